The van der Waals surface area contributed by atoms with Gasteiger partial charge in [0.25, 0.3) is 0 Å². The number of nitrogens with zero attached hydrogens (tertiary/aromatic N) is 2. The van der Waals surface area contributed by atoms with Crippen LogP contribution in [0.4, 0.5) is 17.2 Å². The molecule has 0 amide bonds. The largest absolute Gasteiger partial charge is 0.394 e. The second-order valence-corrected chi connectivity index (χ2v) is 6.38. The summed E-state index contributed by atoms with van der Waals surface area (Å²) in [6, 6.07) is 3.66. The lowest BCUT2D eigenvalue weighted by Gasteiger charge is -2.11. The highest BCUT2D eigenvalue weighted by molar-refractivity contribution is 9.10. The number of hydrogen-bond acceptors (Lipinski definition) is 3. The number of benzene rings is 1. The zero-order chi connectivity index (χ0) is 15.0. The van der Waals surface area contributed by atoms with Crippen molar-refractivity contribution < 1.29 is 0 Å². The monoisotopic (exact) mass is 376 g/mol. The lowest BCUT2D eigenvalue weighted by molar-refractivity contribution is 0.718. The molecular weight excluding hydrogens is 363 g/mol. The second kappa shape index (κ2) is 5.84. The second-order valence-electron chi connectivity index (χ2n) is 4.77. The van der Waals surface area contributed by atoms with Crippen molar-refractivity contribution in [3.8, 4) is 0 Å². The first-order valence-corrected chi connectivity index (χ1v) is 7.60. The van der Waals surface area contributed by atoms with Crippen LogP contribution in [-0.2, 0) is 7.05 Å². The van der Waals surface area contributed by atoms with Gasteiger partial charge in [0.05, 0.1) is 27.1 Å². The fourth-order valence-electron chi connectivity index (χ4n) is 1.89. The predicted molar refractivity (Wildman–Crippen MR) is 89.2 cm³/mol. The Balaban J connectivity index is 2.43. The maximum absolute atomic E-state index is 6.23. The molecule has 108 valence electrons. The SMILES string of the molecule is CC(C)c1nn(C)c(Nc2ccc(Br)c(Cl)c2Cl)c1N. The third-order valence-electron chi connectivity index (χ3n) is 2.95. The zero-order valence-electron chi connectivity index (χ0n) is 11.3. The van der Waals surface area contributed by atoms with Crippen molar-refractivity contribution in [3.05, 3.63) is 32.3 Å². The van der Waals surface area contributed by atoms with Crippen LogP contribution < -0.4 is 11.1 Å². The van der Waals surface area contributed by atoms with E-state index in [0.717, 1.165) is 10.2 Å². The molecule has 7 heteroatoms. The van der Waals surface area contributed by atoms with Crippen molar-refractivity contribution in [1.29, 1.82) is 0 Å². The van der Waals surface area contributed by atoms with Crippen LogP contribution in [-0.4, -0.2) is 9.78 Å². The molecule has 0 bridgehead atoms. The fourth-order valence-corrected chi connectivity index (χ4v) is 2.71. The molecule has 4 nitrogen and oxygen atoms in total. The Hall–Kier alpha value is -0.910. The van der Waals surface area contributed by atoms with Gasteiger partial charge in [0.2, 0.25) is 0 Å². The van der Waals surface area contributed by atoms with Crippen LogP contribution in [0.5, 0.6) is 0 Å². The average Bonchev–Trinajstić information content (AvgIpc) is 2.67. The first kappa shape index (κ1) is 15.5. The van der Waals surface area contributed by atoms with Crippen molar-refractivity contribution in [1.82, 2.24) is 9.78 Å². The van der Waals surface area contributed by atoms with Crippen LogP contribution in [0.1, 0.15) is 25.5 Å². The number of aromatic nitrogens is 2. The summed E-state index contributed by atoms with van der Waals surface area (Å²) in [5, 5.41) is 8.51. The van der Waals surface area contributed by atoms with E-state index < -0.39 is 0 Å². The zero-order valence-corrected chi connectivity index (χ0v) is 14.4. The normalized spacial score (nSPS) is 11.2. The van der Waals surface area contributed by atoms with E-state index in [1.54, 1.807) is 4.68 Å². The molecule has 0 radical (unpaired) electrons. The number of hydrogen-bond donors (Lipinski definition) is 2. The van der Waals surface area contributed by atoms with Crippen LogP contribution in [0.25, 0.3) is 0 Å². The summed E-state index contributed by atoms with van der Waals surface area (Å²) in [6.07, 6.45) is 0. The van der Waals surface area contributed by atoms with Gasteiger partial charge < -0.3 is 11.1 Å². The standard InChI is InChI=1S/C13H15BrCl2N4/c1-6(2)12-11(17)13(20(3)19-12)18-8-5-4-7(14)9(15)10(8)16/h4-6,18H,17H2,1-3H3. The maximum Gasteiger partial charge on any atom is 0.152 e. The third kappa shape index (κ3) is 2.75. The highest BCUT2D eigenvalue weighted by atomic mass is 79.9. The Bertz CT molecular complexity index is 652. The Kier molecular flexibility index (Phi) is 4.52. The highest BCUT2D eigenvalue weighted by Gasteiger charge is 2.17. The minimum absolute atomic E-state index is 0.251. The number of nitrogens with two attached hydrogens (primary N) is 1. The number of rotatable bonds is 3. The molecule has 1 aromatic carbocycles. The molecule has 0 unspecified atom stereocenters. The Labute approximate surface area is 136 Å². The van der Waals surface area contributed by atoms with Crippen LogP contribution >= 0.6 is 39.1 Å². The molecule has 1 heterocycles. The van der Waals surface area contributed by atoms with Crippen molar-refractivity contribution in [2.45, 2.75) is 19.8 Å². The van der Waals surface area contributed by atoms with Gasteiger partial charge in [-0.25, -0.2) is 0 Å². The van der Waals surface area contributed by atoms with E-state index in [9.17, 15) is 0 Å². The molecule has 3 N–H and O–H groups in total. The van der Waals surface area contributed by atoms with Crippen molar-refractivity contribution in [2.75, 3.05) is 11.1 Å². The van der Waals surface area contributed by atoms with E-state index in [4.69, 9.17) is 28.9 Å². The third-order valence-corrected chi connectivity index (χ3v) is 4.72. The molecule has 0 aliphatic heterocycles. The smallest absolute Gasteiger partial charge is 0.152 e. The van der Waals surface area contributed by atoms with Crippen molar-refractivity contribution in [2.24, 2.45) is 7.05 Å². The van der Waals surface area contributed by atoms with Gasteiger partial charge in [-0.1, -0.05) is 37.0 Å². The van der Waals surface area contributed by atoms with Gasteiger partial charge in [-0.3, -0.25) is 4.68 Å². The Morgan fingerprint density at radius 2 is 1.95 bits per heavy atom. The number of halogens is 3. The molecule has 0 aliphatic rings. The molecular formula is C13H15BrCl2N4. The van der Waals surface area contributed by atoms with E-state index in [-0.39, 0.29) is 5.92 Å². The van der Waals surface area contributed by atoms with Gasteiger partial charge >= 0.3 is 0 Å². The quantitative estimate of drug-likeness (QED) is 0.745. The maximum atomic E-state index is 6.23. The molecule has 20 heavy (non-hydrogen) atoms. The van der Waals surface area contributed by atoms with Gasteiger partial charge in [0.15, 0.2) is 5.82 Å². The van der Waals surface area contributed by atoms with E-state index in [0.29, 0.717) is 27.2 Å². The lowest BCUT2D eigenvalue weighted by atomic mass is 10.1. The minimum atomic E-state index is 0.251. The molecule has 0 saturated heterocycles. The predicted octanol–water partition coefficient (Wildman–Crippen LogP) is 4.94. The lowest BCUT2D eigenvalue weighted by Crippen LogP contribution is -2.02. The first-order chi connectivity index (χ1) is 9.32. The molecule has 0 saturated carbocycles. The van der Waals surface area contributed by atoms with Crippen LogP contribution in [0.3, 0.4) is 0 Å². The molecule has 0 fully saturated rings. The van der Waals surface area contributed by atoms with Gasteiger partial charge in [-0.15, -0.1) is 0 Å². The molecule has 0 spiro atoms. The van der Waals surface area contributed by atoms with Gasteiger partial charge in [0.1, 0.15) is 0 Å². The molecule has 1 aromatic heterocycles. The number of nitrogens with one attached hydrogen (secondary N) is 1. The van der Waals surface area contributed by atoms with Crippen molar-refractivity contribution in [3.63, 3.8) is 0 Å². The molecule has 0 atom stereocenters. The number of nitrogen functional groups attached to an aromatic ring is 1. The van der Waals surface area contributed by atoms with Crippen LogP contribution in [0.2, 0.25) is 10.0 Å². The number of anilines is 3. The summed E-state index contributed by atoms with van der Waals surface area (Å²) in [4.78, 5) is 0. The first-order valence-electron chi connectivity index (χ1n) is 6.05. The Morgan fingerprint density at radius 3 is 2.50 bits per heavy atom. The summed E-state index contributed by atoms with van der Waals surface area (Å²) in [5.41, 5.74) is 8.30. The summed E-state index contributed by atoms with van der Waals surface area (Å²) in [7, 11) is 1.83. The average molecular weight is 378 g/mol. The minimum Gasteiger partial charge on any atom is -0.394 e. The van der Waals surface area contributed by atoms with E-state index in [1.807, 2.05) is 33.0 Å². The highest BCUT2D eigenvalue weighted by Crippen LogP contribution is 2.38. The van der Waals surface area contributed by atoms with E-state index >= 15 is 0 Å². The fraction of sp³-hybridized carbons (Fsp3) is 0.308. The van der Waals surface area contributed by atoms with Crippen LogP contribution in [0, 0.1) is 0 Å². The molecule has 0 aliphatic carbocycles. The van der Waals surface area contributed by atoms with Gasteiger partial charge in [-0.2, -0.15) is 5.10 Å². The van der Waals surface area contributed by atoms with Crippen molar-refractivity contribution >= 4 is 56.3 Å². The summed E-state index contributed by atoms with van der Waals surface area (Å²) < 4.78 is 2.45. The van der Waals surface area contributed by atoms with Gasteiger partial charge in [-0.05, 0) is 34.0 Å². The molecule has 2 aromatic rings. The van der Waals surface area contributed by atoms with E-state index in [1.165, 1.54) is 0 Å². The topological polar surface area (TPSA) is 55.9 Å². The Morgan fingerprint density at radius 1 is 1.30 bits per heavy atom. The molecule has 2 rings (SSSR count). The summed E-state index contributed by atoms with van der Waals surface area (Å²) >= 11 is 15.7. The van der Waals surface area contributed by atoms with Gasteiger partial charge in [0, 0.05) is 11.5 Å². The number of aryl methyl sites for hydroxylation is 1. The summed E-state index contributed by atoms with van der Waals surface area (Å²) in [6.45, 7) is 4.10. The summed E-state index contributed by atoms with van der Waals surface area (Å²) in [5.74, 6) is 0.953. The van der Waals surface area contributed by atoms with Crippen LogP contribution in [0.15, 0.2) is 16.6 Å². The van der Waals surface area contributed by atoms with E-state index in [2.05, 4.69) is 26.3 Å².